The van der Waals surface area contributed by atoms with E-state index in [1.807, 2.05) is 4.90 Å². The van der Waals surface area contributed by atoms with Crippen LogP contribution in [0.2, 0.25) is 0 Å². The molecule has 2 rings (SSSR count). The second kappa shape index (κ2) is 7.38. The number of hydrogen-bond donors (Lipinski definition) is 1. The zero-order valence-electron chi connectivity index (χ0n) is 13.2. The van der Waals surface area contributed by atoms with Crippen molar-refractivity contribution in [2.24, 2.45) is 0 Å². The number of carbonyl (C=O) groups excluding carboxylic acids is 1. The van der Waals surface area contributed by atoms with Gasteiger partial charge in [-0.2, -0.15) is 0 Å². The highest BCUT2D eigenvalue weighted by atomic mass is 32.1. The number of carbonyl (C=O) groups is 1. The summed E-state index contributed by atoms with van der Waals surface area (Å²) in [6.45, 7) is 8.78. The molecule has 1 N–H and O–H groups in total. The second-order valence-electron chi connectivity index (χ2n) is 5.97. The summed E-state index contributed by atoms with van der Waals surface area (Å²) >= 11 is 1.78. The molecule has 0 saturated carbocycles. The smallest absolute Gasteiger partial charge is 0.223 e. The molecule has 0 bridgehead atoms. The number of nitrogens with zero attached hydrogens (tertiary/aromatic N) is 2. The Kier molecular flexibility index (Phi) is 5.79. The van der Waals surface area contributed by atoms with Crippen LogP contribution in [0.3, 0.4) is 0 Å². The van der Waals surface area contributed by atoms with E-state index in [0.29, 0.717) is 25.0 Å². The van der Waals surface area contributed by atoms with E-state index in [1.54, 1.807) is 11.3 Å². The lowest BCUT2D eigenvalue weighted by Crippen LogP contribution is -2.58. The number of aryl methyl sites for hydroxylation is 2. The summed E-state index contributed by atoms with van der Waals surface area (Å²) in [6, 6.07) is 4.86. The fourth-order valence-corrected chi connectivity index (χ4v) is 4.01. The lowest BCUT2D eigenvalue weighted by molar-refractivity contribution is -0.135. The molecule has 1 saturated heterocycles. The molecular weight excluding hydrogens is 284 g/mol. The van der Waals surface area contributed by atoms with Gasteiger partial charge in [0.15, 0.2) is 0 Å². The first-order valence-corrected chi connectivity index (χ1v) is 8.52. The second-order valence-corrected chi connectivity index (χ2v) is 7.34. The van der Waals surface area contributed by atoms with Gasteiger partial charge in [-0.25, -0.2) is 0 Å². The van der Waals surface area contributed by atoms with Crippen LogP contribution in [0.1, 0.15) is 30.0 Å². The molecular formula is C16H26N2O2S. The molecule has 5 heteroatoms. The van der Waals surface area contributed by atoms with Gasteiger partial charge in [-0.3, -0.25) is 9.69 Å². The fourth-order valence-electron chi connectivity index (χ4n) is 3.12. The first-order chi connectivity index (χ1) is 10.0. The predicted molar refractivity (Wildman–Crippen MR) is 86.7 cm³/mol. The van der Waals surface area contributed by atoms with Gasteiger partial charge in [-0.1, -0.05) is 0 Å². The monoisotopic (exact) mass is 310 g/mol. The van der Waals surface area contributed by atoms with Crippen molar-refractivity contribution < 1.29 is 9.90 Å². The molecule has 0 radical (unpaired) electrons. The minimum Gasteiger partial charge on any atom is -0.395 e. The molecule has 1 amide bonds. The Morgan fingerprint density at radius 2 is 2.00 bits per heavy atom. The Morgan fingerprint density at radius 3 is 2.52 bits per heavy atom. The van der Waals surface area contributed by atoms with E-state index < -0.39 is 0 Å². The molecule has 118 valence electrons. The molecule has 21 heavy (non-hydrogen) atoms. The highest BCUT2D eigenvalue weighted by Crippen LogP contribution is 2.19. The van der Waals surface area contributed by atoms with Gasteiger partial charge in [0.05, 0.1) is 6.61 Å². The number of aliphatic hydroxyl groups is 1. The lowest BCUT2D eigenvalue weighted by atomic mass is 10.1. The van der Waals surface area contributed by atoms with Crippen LogP contribution in [0.4, 0.5) is 0 Å². The number of aliphatic hydroxyl groups excluding tert-OH is 1. The Balaban J connectivity index is 1.86. The molecule has 1 aliphatic rings. The van der Waals surface area contributed by atoms with Crippen molar-refractivity contribution in [1.82, 2.24) is 9.80 Å². The van der Waals surface area contributed by atoms with Crippen LogP contribution in [-0.2, 0) is 11.2 Å². The van der Waals surface area contributed by atoms with E-state index in [0.717, 1.165) is 19.5 Å². The molecule has 1 aliphatic heterocycles. The summed E-state index contributed by atoms with van der Waals surface area (Å²) in [4.78, 5) is 19.3. The topological polar surface area (TPSA) is 43.8 Å². The molecule has 0 spiro atoms. The van der Waals surface area contributed by atoms with E-state index in [2.05, 4.69) is 37.8 Å². The maximum Gasteiger partial charge on any atom is 0.223 e. The third kappa shape index (κ3) is 4.28. The first-order valence-electron chi connectivity index (χ1n) is 7.71. The number of β-amino-alcohol motifs (C(OH)–C–C–N with tert-alkyl or cyclic N) is 1. The van der Waals surface area contributed by atoms with Crippen LogP contribution >= 0.6 is 11.3 Å². The van der Waals surface area contributed by atoms with Crippen LogP contribution in [0, 0.1) is 6.92 Å². The number of rotatable bonds is 5. The minimum absolute atomic E-state index is 0.181. The van der Waals surface area contributed by atoms with Gasteiger partial charge in [0, 0.05) is 47.9 Å². The number of piperazine rings is 1. The minimum atomic E-state index is 0.181. The molecule has 2 heterocycles. The highest BCUT2D eigenvalue weighted by molar-refractivity contribution is 7.11. The van der Waals surface area contributed by atoms with E-state index in [1.165, 1.54) is 9.75 Å². The van der Waals surface area contributed by atoms with Crippen molar-refractivity contribution in [2.75, 3.05) is 26.2 Å². The summed E-state index contributed by atoms with van der Waals surface area (Å²) < 4.78 is 0. The molecule has 1 fully saturated rings. The summed E-state index contributed by atoms with van der Waals surface area (Å²) in [5.74, 6) is 0.253. The molecule has 1 aromatic rings. The van der Waals surface area contributed by atoms with E-state index in [9.17, 15) is 4.79 Å². The Morgan fingerprint density at radius 1 is 1.33 bits per heavy atom. The van der Waals surface area contributed by atoms with Crippen molar-refractivity contribution in [3.05, 3.63) is 21.9 Å². The molecule has 0 aromatic carbocycles. The van der Waals surface area contributed by atoms with E-state index in [-0.39, 0.29) is 12.5 Å². The predicted octanol–water partition coefficient (Wildman–Crippen LogP) is 1.90. The maximum atomic E-state index is 12.4. The lowest BCUT2D eigenvalue weighted by Gasteiger charge is -2.44. The maximum absolute atomic E-state index is 12.4. The Bertz CT molecular complexity index is 463. The third-order valence-corrected chi connectivity index (χ3v) is 5.25. The first kappa shape index (κ1) is 16.5. The summed E-state index contributed by atoms with van der Waals surface area (Å²) in [5.41, 5.74) is 0. The quantitative estimate of drug-likeness (QED) is 0.903. The number of thiophene rings is 1. The van der Waals surface area contributed by atoms with E-state index >= 15 is 0 Å². The standard InChI is InChI=1S/C16H26N2O2S/c1-12-10-17(11-13(2)18(12)8-9-19)16(20)7-6-15-5-4-14(3)21-15/h4-5,12-13,19H,6-11H2,1-3H3/t12-,13+. The zero-order valence-corrected chi connectivity index (χ0v) is 14.0. The van der Waals surface area contributed by atoms with Crippen LogP contribution in [0.25, 0.3) is 0 Å². The van der Waals surface area contributed by atoms with Gasteiger partial charge in [0.2, 0.25) is 5.91 Å². The molecule has 1 aromatic heterocycles. The number of amides is 1. The number of hydrogen-bond acceptors (Lipinski definition) is 4. The molecule has 0 aliphatic carbocycles. The van der Waals surface area contributed by atoms with Gasteiger partial charge in [0.25, 0.3) is 0 Å². The molecule has 4 nitrogen and oxygen atoms in total. The third-order valence-electron chi connectivity index (χ3n) is 4.19. The normalized spacial score (nSPS) is 23.5. The van der Waals surface area contributed by atoms with Gasteiger partial charge < -0.3 is 10.0 Å². The van der Waals surface area contributed by atoms with Crippen molar-refractivity contribution in [2.45, 2.75) is 45.7 Å². The Labute approximate surface area is 131 Å². The SMILES string of the molecule is Cc1ccc(CCC(=O)N2C[C@@H](C)N(CCO)[C@@H](C)C2)s1. The van der Waals surface area contributed by atoms with Crippen LogP contribution in [-0.4, -0.2) is 59.1 Å². The van der Waals surface area contributed by atoms with Crippen molar-refractivity contribution in [3.8, 4) is 0 Å². The van der Waals surface area contributed by atoms with Crippen LogP contribution < -0.4 is 0 Å². The van der Waals surface area contributed by atoms with Crippen molar-refractivity contribution in [3.63, 3.8) is 0 Å². The average Bonchev–Trinajstić information content (AvgIpc) is 2.85. The highest BCUT2D eigenvalue weighted by Gasteiger charge is 2.30. The summed E-state index contributed by atoms with van der Waals surface area (Å²) in [5, 5.41) is 9.12. The van der Waals surface area contributed by atoms with Gasteiger partial charge >= 0.3 is 0 Å². The van der Waals surface area contributed by atoms with Crippen molar-refractivity contribution >= 4 is 17.2 Å². The van der Waals surface area contributed by atoms with Gasteiger partial charge in [-0.15, -0.1) is 11.3 Å². The molecule has 2 atom stereocenters. The summed E-state index contributed by atoms with van der Waals surface area (Å²) in [7, 11) is 0. The van der Waals surface area contributed by atoms with E-state index in [4.69, 9.17) is 5.11 Å². The largest absolute Gasteiger partial charge is 0.395 e. The Hall–Kier alpha value is -0.910. The van der Waals surface area contributed by atoms with Crippen LogP contribution in [0.15, 0.2) is 12.1 Å². The van der Waals surface area contributed by atoms with Crippen LogP contribution in [0.5, 0.6) is 0 Å². The van der Waals surface area contributed by atoms with Gasteiger partial charge in [-0.05, 0) is 39.3 Å². The zero-order chi connectivity index (χ0) is 15.4. The van der Waals surface area contributed by atoms with Gasteiger partial charge in [0.1, 0.15) is 0 Å². The van der Waals surface area contributed by atoms with Crippen molar-refractivity contribution in [1.29, 1.82) is 0 Å². The average molecular weight is 310 g/mol. The fraction of sp³-hybridized carbons (Fsp3) is 0.688. The summed E-state index contributed by atoms with van der Waals surface area (Å²) in [6.07, 6.45) is 1.44. The molecule has 0 unspecified atom stereocenters.